The number of benzene rings is 2. The van der Waals surface area contributed by atoms with Crippen molar-refractivity contribution in [3.8, 4) is 17.2 Å². The van der Waals surface area contributed by atoms with Crippen molar-refractivity contribution in [1.29, 1.82) is 0 Å². The Hall–Kier alpha value is -2.93. The molecule has 12 heteroatoms. The van der Waals surface area contributed by atoms with Gasteiger partial charge in [-0.3, -0.25) is 4.79 Å². The van der Waals surface area contributed by atoms with E-state index in [1.807, 2.05) is 0 Å². The average molecular weight is 491 g/mol. The van der Waals surface area contributed by atoms with E-state index in [0.29, 0.717) is 43.3 Å². The molecule has 1 saturated heterocycles. The van der Waals surface area contributed by atoms with Crippen LogP contribution >= 0.6 is 11.8 Å². The first-order valence-electron chi connectivity index (χ1n) is 10.0. The number of methoxy groups -OCH3 is 1. The number of carbonyl (C=O) groups excluding carboxylic acids is 1. The number of ether oxygens (including phenoxy) is 2. The maximum atomic E-state index is 12.9. The fourth-order valence-corrected chi connectivity index (χ4v) is 5.13. The Balaban J connectivity index is 1.38. The molecule has 1 fully saturated rings. The summed E-state index contributed by atoms with van der Waals surface area (Å²) in [7, 11) is -2.07. The third-order valence-corrected chi connectivity index (χ3v) is 7.51. The molecule has 1 aromatic heterocycles. The van der Waals surface area contributed by atoms with E-state index in [4.69, 9.17) is 13.9 Å². The Morgan fingerprint density at radius 1 is 1.15 bits per heavy atom. The molecule has 33 heavy (non-hydrogen) atoms. The predicted molar refractivity (Wildman–Crippen MR) is 122 cm³/mol. The highest BCUT2D eigenvalue weighted by molar-refractivity contribution is 7.99. The molecule has 0 spiro atoms. The fourth-order valence-electron chi connectivity index (χ4n) is 3.11. The lowest BCUT2D eigenvalue weighted by molar-refractivity contribution is -0.113. The first kappa shape index (κ1) is 23.2. The molecule has 0 aliphatic carbocycles. The number of hydrogen-bond acceptors (Lipinski definition) is 9. The summed E-state index contributed by atoms with van der Waals surface area (Å²) in [6, 6.07) is 13.3. The molecule has 0 radical (unpaired) electrons. The molecule has 2 heterocycles. The maximum Gasteiger partial charge on any atom is 0.277 e. The molecule has 0 saturated carbocycles. The van der Waals surface area contributed by atoms with Crippen molar-refractivity contribution in [2.24, 2.45) is 0 Å². The summed E-state index contributed by atoms with van der Waals surface area (Å²) in [6.07, 6.45) is 0. The molecule has 0 bridgehead atoms. The van der Waals surface area contributed by atoms with Gasteiger partial charge in [-0.05, 0) is 42.5 Å². The average Bonchev–Trinajstić information content (AvgIpc) is 3.33. The number of thioether (sulfide) groups is 1. The van der Waals surface area contributed by atoms with Crippen molar-refractivity contribution < 1.29 is 27.1 Å². The second-order valence-electron chi connectivity index (χ2n) is 6.98. The van der Waals surface area contributed by atoms with Gasteiger partial charge in [-0.25, -0.2) is 8.42 Å². The van der Waals surface area contributed by atoms with Gasteiger partial charge in [0.2, 0.25) is 21.8 Å². The van der Waals surface area contributed by atoms with Crippen LogP contribution in [0.4, 0.5) is 5.69 Å². The number of hydrogen-bond donors (Lipinski definition) is 1. The number of carbonyl (C=O) groups is 1. The van der Waals surface area contributed by atoms with Gasteiger partial charge in [0, 0.05) is 24.3 Å². The number of morpholine rings is 1. The molecule has 1 amide bonds. The van der Waals surface area contributed by atoms with Gasteiger partial charge in [0.1, 0.15) is 5.75 Å². The van der Waals surface area contributed by atoms with Crippen LogP contribution in [0.25, 0.3) is 11.5 Å². The highest BCUT2D eigenvalue weighted by Crippen LogP contribution is 2.26. The number of nitrogens with one attached hydrogen (secondary N) is 1. The molecule has 0 unspecified atom stereocenters. The van der Waals surface area contributed by atoms with Crippen molar-refractivity contribution in [2.45, 2.75) is 10.1 Å². The van der Waals surface area contributed by atoms with Gasteiger partial charge in [-0.1, -0.05) is 17.8 Å². The number of anilines is 1. The molecule has 4 rings (SSSR count). The normalized spacial score (nSPS) is 14.7. The Bertz CT molecular complexity index is 1210. The van der Waals surface area contributed by atoms with Crippen LogP contribution in [-0.2, 0) is 19.6 Å². The zero-order valence-corrected chi connectivity index (χ0v) is 19.4. The quantitative estimate of drug-likeness (QED) is 0.474. The Labute approximate surface area is 195 Å². The van der Waals surface area contributed by atoms with Crippen molar-refractivity contribution in [1.82, 2.24) is 14.5 Å². The van der Waals surface area contributed by atoms with Gasteiger partial charge < -0.3 is 19.2 Å². The smallest absolute Gasteiger partial charge is 0.277 e. The topological polar surface area (TPSA) is 124 Å². The zero-order valence-electron chi connectivity index (χ0n) is 17.8. The van der Waals surface area contributed by atoms with Crippen molar-refractivity contribution in [3.05, 3.63) is 48.5 Å². The van der Waals surface area contributed by atoms with Gasteiger partial charge in [-0.15, -0.1) is 10.2 Å². The second-order valence-corrected chi connectivity index (χ2v) is 9.85. The minimum atomic E-state index is -3.64. The van der Waals surface area contributed by atoms with E-state index in [9.17, 15) is 13.2 Å². The minimum absolute atomic E-state index is 0.0686. The van der Waals surface area contributed by atoms with Gasteiger partial charge in [0.15, 0.2) is 0 Å². The first-order chi connectivity index (χ1) is 16.0. The monoisotopic (exact) mass is 490 g/mol. The summed E-state index contributed by atoms with van der Waals surface area (Å²) < 4.78 is 43.1. The van der Waals surface area contributed by atoms with E-state index < -0.39 is 10.0 Å². The lowest BCUT2D eigenvalue weighted by Gasteiger charge is -2.26. The molecule has 10 nitrogen and oxygen atoms in total. The van der Waals surface area contributed by atoms with E-state index >= 15 is 0 Å². The Morgan fingerprint density at radius 2 is 1.91 bits per heavy atom. The molecule has 2 aromatic carbocycles. The SMILES string of the molecule is COc1ccc(NC(=O)CSc2nnc(-c3cccc(S(=O)(=O)N4CCOCC4)c3)o2)cc1. The fraction of sp³-hybridized carbons (Fsp3) is 0.286. The van der Waals surface area contributed by atoms with E-state index in [2.05, 4.69) is 15.5 Å². The summed E-state index contributed by atoms with van der Waals surface area (Å²) >= 11 is 1.09. The molecular weight excluding hydrogens is 468 g/mol. The number of aromatic nitrogens is 2. The summed E-state index contributed by atoms with van der Waals surface area (Å²) in [4.78, 5) is 12.3. The van der Waals surface area contributed by atoms with Crippen molar-refractivity contribution in [3.63, 3.8) is 0 Å². The highest BCUT2D eigenvalue weighted by Gasteiger charge is 2.27. The summed E-state index contributed by atoms with van der Waals surface area (Å²) in [5.74, 6) is 0.706. The number of rotatable bonds is 8. The van der Waals surface area contributed by atoms with Crippen LogP contribution in [0.3, 0.4) is 0 Å². The minimum Gasteiger partial charge on any atom is -0.497 e. The molecular formula is C21H22N4O6S2. The van der Waals surface area contributed by atoms with Crippen LogP contribution in [0.15, 0.2) is 63.1 Å². The van der Waals surface area contributed by atoms with Crippen LogP contribution in [0.2, 0.25) is 0 Å². The van der Waals surface area contributed by atoms with Crippen LogP contribution in [-0.4, -0.2) is 68.0 Å². The van der Waals surface area contributed by atoms with E-state index in [0.717, 1.165) is 11.8 Å². The van der Waals surface area contributed by atoms with Crippen molar-refractivity contribution >= 4 is 33.4 Å². The van der Waals surface area contributed by atoms with Gasteiger partial charge in [-0.2, -0.15) is 4.31 Å². The third-order valence-electron chi connectivity index (χ3n) is 4.80. The van der Waals surface area contributed by atoms with Crippen LogP contribution in [0, 0.1) is 0 Å². The largest absolute Gasteiger partial charge is 0.497 e. The molecule has 1 aliphatic heterocycles. The highest BCUT2D eigenvalue weighted by atomic mass is 32.2. The van der Waals surface area contributed by atoms with E-state index in [-0.39, 0.29) is 27.7 Å². The molecule has 1 aliphatic rings. The molecule has 1 N–H and O–H groups in total. The zero-order chi connectivity index (χ0) is 23.3. The maximum absolute atomic E-state index is 12.9. The summed E-state index contributed by atoms with van der Waals surface area (Å²) in [5.41, 5.74) is 1.12. The molecule has 174 valence electrons. The Morgan fingerprint density at radius 3 is 2.64 bits per heavy atom. The van der Waals surface area contributed by atoms with Gasteiger partial charge in [0.05, 0.1) is 31.0 Å². The number of sulfonamides is 1. The van der Waals surface area contributed by atoms with Crippen LogP contribution in [0.1, 0.15) is 0 Å². The van der Waals surface area contributed by atoms with Crippen LogP contribution in [0.5, 0.6) is 5.75 Å². The van der Waals surface area contributed by atoms with Crippen LogP contribution < -0.4 is 10.1 Å². The predicted octanol–water partition coefficient (Wildman–Crippen LogP) is 2.50. The lowest BCUT2D eigenvalue weighted by Crippen LogP contribution is -2.40. The first-order valence-corrected chi connectivity index (χ1v) is 12.5. The summed E-state index contributed by atoms with van der Waals surface area (Å²) in [5, 5.41) is 10.9. The standard InChI is InChI=1S/C21H22N4O6S2/c1-29-17-7-5-16(6-8-17)22-19(26)14-32-21-24-23-20(31-21)15-3-2-4-18(13-15)33(27,28)25-9-11-30-12-10-25/h2-8,13H,9-12,14H2,1H3,(H,22,26). The summed E-state index contributed by atoms with van der Waals surface area (Å²) in [6.45, 7) is 1.36. The van der Waals surface area contributed by atoms with E-state index in [1.54, 1.807) is 43.5 Å². The van der Waals surface area contributed by atoms with Crippen molar-refractivity contribution in [2.75, 3.05) is 44.5 Å². The Kier molecular flexibility index (Phi) is 7.28. The van der Waals surface area contributed by atoms with Gasteiger partial charge in [0.25, 0.3) is 5.22 Å². The lowest BCUT2D eigenvalue weighted by atomic mass is 10.2. The van der Waals surface area contributed by atoms with E-state index in [1.165, 1.54) is 16.4 Å². The second kappa shape index (κ2) is 10.3. The third kappa shape index (κ3) is 5.71. The number of amides is 1. The molecule has 3 aromatic rings. The molecule has 0 atom stereocenters. The van der Waals surface area contributed by atoms with Gasteiger partial charge >= 0.3 is 0 Å². The number of nitrogens with zero attached hydrogens (tertiary/aromatic N) is 3.